The molecule has 0 saturated carbocycles. The highest BCUT2D eigenvalue weighted by Gasteiger charge is 2.32. The Balaban J connectivity index is 1.29. The van der Waals surface area contributed by atoms with E-state index >= 15 is 0 Å². The number of fused-ring (bicyclic) bond motifs is 2. The number of hydrogen-bond acceptors (Lipinski definition) is 5. The number of nitrogens with zero attached hydrogens (tertiary/aromatic N) is 2. The molecule has 2 aliphatic rings. The van der Waals surface area contributed by atoms with Crippen molar-refractivity contribution in [3.8, 4) is 0 Å². The molecule has 1 aliphatic heterocycles. The van der Waals surface area contributed by atoms with Crippen LogP contribution in [0.1, 0.15) is 61.6 Å². The Kier molecular flexibility index (Phi) is 7.11. The fraction of sp³-hybridized carbons (Fsp3) is 0.387. The van der Waals surface area contributed by atoms with Crippen LogP contribution in [0, 0.1) is 5.92 Å². The van der Waals surface area contributed by atoms with Crippen LogP contribution in [0.5, 0.6) is 0 Å². The van der Waals surface area contributed by atoms with Crippen LogP contribution >= 0.6 is 0 Å². The second kappa shape index (κ2) is 10.5. The van der Waals surface area contributed by atoms with Crippen molar-refractivity contribution in [3.05, 3.63) is 83.1 Å². The number of allylic oxidation sites excluding steroid dienone is 2. The SMILES string of the molecule is CC(C)(C)OC(=O)Nc1c2c(nc3ccccc13)C/C(=C/CC1CCN(Cc3ccccc3)CC1)C2=O. The summed E-state index contributed by atoms with van der Waals surface area (Å²) in [6.45, 7) is 8.61. The summed E-state index contributed by atoms with van der Waals surface area (Å²) in [4.78, 5) is 33.5. The number of likely N-dealkylation sites (tertiary alicyclic amines) is 1. The van der Waals surface area contributed by atoms with Gasteiger partial charge in [0.25, 0.3) is 0 Å². The third-order valence-electron chi connectivity index (χ3n) is 7.12. The maximum absolute atomic E-state index is 13.5. The molecule has 192 valence electrons. The first kappa shape index (κ1) is 25.2. The molecule has 0 spiro atoms. The third-order valence-corrected chi connectivity index (χ3v) is 7.12. The quantitative estimate of drug-likeness (QED) is 0.405. The van der Waals surface area contributed by atoms with Gasteiger partial charge in [0.2, 0.25) is 0 Å². The molecule has 1 N–H and O–H groups in total. The molecule has 5 rings (SSSR count). The van der Waals surface area contributed by atoms with Crippen molar-refractivity contribution in [2.24, 2.45) is 5.92 Å². The molecule has 1 amide bonds. The van der Waals surface area contributed by atoms with E-state index in [4.69, 9.17) is 9.72 Å². The van der Waals surface area contributed by atoms with Crippen molar-refractivity contribution >= 4 is 28.5 Å². The van der Waals surface area contributed by atoms with E-state index in [1.807, 2.05) is 45.0 Å². The number of anilines is 1. The van der Waals surface area contributed by atoms with Crippen LogP contribution in [0.4, 0.5) is 10.5 Å². The number of ether oxygens (including phenoxy) is 1. The molecule has 1 aliphatic carbocycles. The average Bonchev–Trinajstić information content (AvgIpc) is 3.18. The van der Waals surface area contributed by atoms with Crippen LogP contribution in [-0.2, 0) is 17.7 Å². The summed E-state index contributed by atoms with van der Waals surface area (Å²) in [6, 6.07) is 18.2. The van der Waals surface area contributed by atoms with E-state index < -0.39 is 11.7 Å². The van der Waals surface area contributed by atoms with Crippen LogP contribution in [0.3, 0.4) is 0 Å². The lowest BCUT2D eigenvalue weighted by molar-refractivity contribution is 0.0636. The zero-order chi connectivity index (χ0) is 26.0. The minimum absolute atomic E-state index is 0.0409. The molecule has 3 aromatic rings. The molecule has 0 bridgehead atoms. The Labute approximate surface area is 218 Å². The zero-order valence-corrected chi connectivity index (χ0v) is 21.9. The summed E-state index contributed by atoms with van der Waals surface area (Å²) in [5.74, 6) is 0.531. The molecule has 2 heterocycles. The highest BCUT2D eigenvalue weighted by molar-refractivity contribution is 6.20. The number of para-hydroxylation sites is 1. The first-order chi connectivity index (χ1) is 17.8. The average molecular weight is 498 g/mol. The maximum atomic E-state index is 13.5. The van der Waals surface area contributed by atoms with Gasteiger partial charge in [-0.1, -0.05) is 54.6 Å². The molecular formula is C31H35N3O3. The Hall–Kier alpha value is -3.51. The van der Waals surface area contributed by atoms with Gasteiger partial charge in [-0.2, -0.15) is 0 Å². The highest BCUT2D eigenvalue weighted by Crippen LogP contribution is 2.37. The number of carbonyl (C=O) groups excluding carboxylic acids is 2. The van der Waals surface area contributed by atoms with Crippen molar-refractivity contribution < 1.29 is 14.3 Å². The number of benzene rings is 2. The van der Waals surface area contributed by atoms with E-state index in [0.29, 0.717) is 23.6 Å². The van der Waals surface area contributed by atoms with Gasteiger partial charge in [-0.15, -0.1) is 0 Å². The van der Waals surface area contributed by atoms with Crippen LogP contribution in [0.15, 0.2) is 66.2 Å². The van der Waals surface area contributed by atoms with Gasteiger partial charge >= 0.3 is 6.09 Å². The van der Waals surface area contributed by atoms with Gasteiger partial charge in [0.1, 0.15) is 5.60 Å². The van der Waals surface area contributed by atoms with Crippen LogP contribution in [0.2, 0.25) is 0 Å². The fourth-order valence-electron chi connectivity index (χ4n) is 5.29. The minimum atomic E-state index is -0.637. The summed E-state index contributed by atoms with van der Waals surface area (Å²) < 4.78 is 5.49. The zero-order valence-electron chi connectivity index (χ0n) is 21.9. The predicted octanol–water partition coefficient (Wildman–Crippen LogP) is 6.55. The van der Waals surface area contributed by atoms with Gasteiger partial charge in [-0.25, -0.2) is 4.79 Å². The topological polar surface area (TPSA) is 71.5 Å². The summed E-state index contributed by atoms with van der Waals surface area (Å²) in [5.41, 5.74) is 3.96. The van der Waals surface area contributed by atoms with Crippen LogP contribution in [-0.4, -0.2) is 40.5 Å². The lowest BCUT2D eigenvalue weighted by atomic mass is 9.92. The minimum Gasteiger partial charge on any atom is -0.444 e. The highest BCUT2D eigenvalue weighted by atomic mass is 16.6. The van der Waals surface area contributed by atoms with E-state index in [0.717, 1.165) is 61.1 Å². The van der Waals surface area contributed by atoms with E-state index in [1.54, 1.807) is 0 Å². The molecule has 2 aromatic carbocycles. The standard InChI is InChI=1S/C31H35N3O3/c1-31(2,3)37-30(36)33-28-24-11-7-8-12-25(24)32-26-19-23(29(35)27(26)28)14-13-21-15-17-34(18-16-21)20-22-9-5-4-6-10-22/h4-12,14,21H,13,15-20H2,1-3H3,(H,32,33,36)/b23-14-. The Morgan fingerprint density at radius 2 is 1.78 bits per heavy atom. The van der Waals surface area contributed by atoms with Gasteiger partial charge in [-0.05, 0) is 70.7 Å². The molecule has 1 fully saturated rings. The number of ketones is 1. The summed E-state index contributed by atoms with van der Waals surface area (Å²) >= 11 is 0. The van der Waals surface area contributed by atoms with E-state index in [1.165, 1.54) is 5.56 Å². The molecule has 0 radical (unpaired) electrons. The number of nitrogens with one attached hydrogen (secondary N) is 1. The van der Waals surface area contributed by atoms with Gasteiger partial charge in [-0.3, -0.25) is 20.0 Å². The number of aromatic nitrogens is 1. The molecule has 37 heavy (non-hydrogen) atoms. The van der Waals surface area contributed by atoms with Crippen molar-refractivity contribution in [1.82, 2.24) is 9.88 Å². The van der Waals surface area contributed by atoms with Crippen LogP contribution in [0.25, 0.3) is 10.9 Å². The predicted molar refractivity (Wildman–Crippen MR) is 147 cm³/mol. The summed E-state index contributed by atoms with van der Waals surface area (Å²) in [5, 5.41) is 3.61. The fourth-order valence-corrected chi connectivity index (χ4v) is 5.29. The number of rotatable bonds is 5. The number of pyridine rings is 1. The number of piperidine rings is 1. The van der Waals surface area contributed by atoms with Crippen LogP contribution < -0.4 is 5.32 Å². The number of Topliss-reactive ketones (excluding diaryl/α,β-unsaturated/α-hetero) is 1. The first-order valence-corrected chi connectivity index (χ1v) is 13.2. The van der Waals surface area contributed by atoms with Crippen molar-refractivity contribution in [2.45, 2.75) is 58.6 Å². The van der Waals surface area contributed by atoms with Gasteiger partial charge in [0.15, 0.2) is 5.78 Å². The largest absolute Gasteiger partial charge is 0.444 e. The van der Waals surface area contributed by atoms with E-state index in [9.17, 15) is 9.59 Å². The van der Waals surface area contributed by atoms with Gasteiger partial charge in [0, 0.05) is 23.9 Å². The first-order valence-electron chi connectivity index (χ1n) is 13.2. The second-order valence-corrected chi connectivity index (χ2v) is 11.1. The van der Waals surface area contributed by atoms with Gasteiger partial charge < -0.3 is 4.74 Å². The molecule has 1 aromatic heterocycles. The Bertz CT molecular complexity index is 1330. The number of carbonyl (C=O) groups is 2. The summed E-state index contributed by atoms with van der Waals surface area (Å²) in [7, 11) is 0. The lowest BCUT2D eigenvalue weighted by Gasteiger charge is -2.31. The normalized spacial score (nSPS) is 17.8. The number of amides is 1. The van der Waals surface area contributed by atoms with E-state index in [2.05, 4.69) is 46.6 Å². The second-order valence-electron chi connectivity index (χ2n) is 11.1. The molecule has 6 heteroatoms. The molecular weight excluding hydrogens is 462 g/mol. The number of hydrogen-bond donors (Lipinski definition) is 1. The monoisotopic (exact) mass is 497 g/mol. The van der Waals surface area contributed by atoms with E-state index in [-0.39, 0.29) is 5.78 Å². The van der Waals surface area contributed by atoms with Crippen molar-refractivity contribution in [3.63, 3.8) is 0 Å². The maximum Gasteiger partial charge on any atom is 0.412 e. The Morgan fingerprint density at radius 3 is 2.51 bits per heavy atom. The summed E-state index contributed by atoms with van der Waals surface area (Å²) in [6.07, 6.45) is 5.19. The van der Waals surface area contributed by atoms with Gasteiger partial charge in [0.05, 0.1) is 22.5 Å². The lowest BCUT2D eigenvalue weighted by Crippen LogP contribution is -2.33. The third kappa shape index (κ3) is 5.91. The molecule has 6 nitrogen and oxygen atoms in total. The van der Waals surface area contributed by atoms with Crippen molar-refractivity contribution in [1.29, 1.82) is 0 Å². The Morgan fingerprint density at radius 1 is 1.08 bits per heavy atom. The molecule has 0 unspecified atom stereocenters. The molecule has 0 atom stereocenters. The molecule has 1 saturated heterocycles. The van der Waals surface area contributed by atoms with Crippen molar-refractivity contribution in [2.75, 3.05) is 18.4 Å². The smallest absolute Gasteiger partial charge is 0.412 e.